The molecule has 5 aromatic carbocycles. The van der Waals surface area contributed by atoms with Crippen LogP contribution in [0.1, 0.15) is 0 Å². The van der Waals surface area contributed by atoms with Crippen molar-refractivity contribution in [2.75, 3.05) is 0 Å². The monoisotopic (exact) mass is 778 g/mol. The lowest BCUT2D eigenvalue weighted by Gasteiger charge is -2.25. The molecule has 5 aromatic rings. The molecule has 0 unspecified atom stereocenters. The SMILES string of the molecule is Fc1c(F)c(F)c(-c2c(F)c(F)c(-c3c(F)c(F)c(F)c(F)c3F)c(-c3c(F)c(F)c(F)c(F)c3F)c2-c2c(F)c(F)c(F)c(F)c2F)c(F)c1F. The van der Waals surface area contributed by atoms with Gasteiger partial charge in [0.2, 0.25) is 23.3 Å². The van der Waals surface area contributed by atoms with E-state index in [1.165, 1.54) is 0 Å². The molecule has 5 rings (SSSR count). The number of hydrogen-bond donors (Lipinski definition) is 0. The Balaban J connectivity index is 2.35. The topological polar surface area (TPSA) is 0 Å². The van der Waals surface area contributed by atoms with Crippen molar-refractivity contribution in [1.82, 2.24) is 0 Å². The summed E-state index contributed by atoms with van der Waals surface area (Å²) < 4.78 is 325. The molecular weight excluding hydrogens is 778 g/mol. The van der Waals surface area contributed by atoms with Gasteiger partial charge in [0.05, 0.1) is 22.3 Å². The smallest absolute Gasteiger partial charge is 0.200 e. The first-order valence-corrected chi connectivity index (χ1v) is 12.7. The number of hydrogen-bond acceptors (Lipinski definition) is 0. The first-order chi connectivity index (χ1) is 24.0. The maximum absolute atomic E-state index is 16.1. The fraction of sp³-hybridized carbons (Fsp3) is 0. The minimum absolute atomic E-state index is 3.10. The molecule has 0 heterocycles. The van der Waals surface area contributed by atoms with E-state index in [1.54, 1.807) is 0 Å². The van der Waals surface area contributed by atoms with Gasteiger partial charge >= 0.3 is 0 Å². The zero-order valence-corrected chi connectivity index (χ0v) is 23.3. The van der Waals surface area contributed by atoms with Crippen molar-refractivity contribution in [2.45, 2.75) is 0 Å². The molecule has 0 atom stereocenters. The Labute approximate surface area is 269 Å². The Morgan fingerprint density at radius 2 is 0.192 bits per heavy atom. The number of rotatable bonds is 4. The molecule has 0 aliphatic carbocycles. The second-order valence-electron chi connectivity index (χ2n) is 9.91. The molecular formula is C30F22. The molecule has 274 valence electrons. The maximum Gasteiger partial charge on any atom is 0.200 e. The van der Waals surface area contributed by atoms with Crippen molar-refractivity contribution >= 4 is 0 Å². The van der Waals surface area contributed by atoms with Gasteiger partial charge in [0.25, 0.3) is 0 Å². The van der Waals surface area contributed by atoms with E-state index in [9.17, 15) is 52.7 Å². The van der Waals surface area contributed by atoms with Crippen LogP contribution < -0.4 is 0 Å². The lowest BCUT2D eigenvalue weighted by molar-refractivity contribution is 0.378. The van der Waals surface area contributed by atoms with Crippen molar-refractivity contribution in [2.24, 2.45) is 0 Å². The summed E-state index contributed by atoms with van der Waals surface area (Å²) in [6.07, 6.45) is 0. The Kier molecular flexibility index (Phi) is 9.20. The zero-order chi connectivity index (χ0) is 39.3. The zero-order valence-electron chi connectivity index (χ0n) is 23.3. The summed E-state index contributed by atoms with van der Waals surface area (Å²) in [6, 6.07) is 0. The number of halogens is 22. The predicted octanol–water partition coefficient (Wildman–Crippen LogP) is 11.4. The third-order valence-electron chi connectivity index (χ3n) is 7.22. The summed E-state index contributed by atoms with van der Waals surface area (Å²) in [7, 11) is 0. The lowest BCUT2D eigenvalue weighted by Crippen LogP contribution is -2.15. The first kappa shape index (κ1) is 37.8. The molecule has 52 heavy (non-hydrogen) atoms. The van der Waals surface area contributed by atoms with Crippen molar-refractivity contribution < 1.29 is 96.6 Å². The van der Waals surface area contributed by atoms with E-state index in [2.05, 4.69) is 0 Å². The van der Waals surface area contributed by atoms with Crippen molar-refractivity contribution in [3.63, 3.8) is 0 Å². The molecule has 0 nitrogen and oxygen atoms in total. The third kappa shape index (κ3) is 4.96. The van der Waals surface area contributed by atoms with Crippen molar-refractivity contribution in [3.8, 4) is 44.5 Å². The second-order valence-corrected chi connectivity index (χ2v) is 9.91. The molecule has 0 amide bonds. The average Bonchev–Trinajstić information content (AvgIpc) is 3.11. The molecule has 0 aliphatic heterocycles. The molecule has 0 spiro atoms. The van der Waals surface area contributed by atoms with Crippen LogP contribution in [0.15, 0.2) is 0 Å². The molecule has 0 radical (unpaired) electrons. The van der Waals surface area contributed by atoms with Crippen LogP contribution in [0.5, 0.6) is 0 Å². The fourth-order valence-corrected chi connectivity index (χ4v) is 4.96. The normalized spacial score (nSPS) is 11.7. The van der Waals surface area contributed by atoms with Gasteiger partial charge in [0.15, 0.2) is 105 Å². The van der Waals surface area contributed by atoms with E-state index < -0.39 is 172 Å². The average molecular weight is 778 g/mol. The molecule has 0 saturated carbocycles. The van der Waals surface area contributed by atoms with E-state index in [-0.39, 0.29) is 0 Å². The summed E-state index contributed by atoms with van der Waals surface area (Å²) in [5, 5.41) is 0. The van der Waals surface area contributed by atoms with Gasteiger partial charge in [-0.2, -0.15) is 0 Å². The Bertz CT molecular complexity index is 2150. The number of benzene rings is 5. The van der Waals surface area contributed by atoms with Gasteiger partial charge in [0.1, 0.15) is 0 Å². The van der Waals surface area contributed by atoms with Crippen LogP contribution in [0, 0.1) is 128 Å². The minimum Gasteiger partial charge on any atom is -0.203 e. The van der Waals surface area contributed by atoms with Gasteiger partial charge in [-0.3, -0.25) is 0 Å². The van der Waals surface area contributed by atoms with Crippen LogP contribution >= 0.6 is 0 Å². The Morgan fingerprint density at radius 3 is 0.346 bits per heavy atom. The Hall–Kier alpha value is -5.44. The third-order valence-corrected chi connectivity index (χ3v) is 7.22. The van der Waals surface area contributed by atoms with Gasteiger partial charge < -0.3 is 0 Å². The second kappa shape index (κ2) is 12.7. The van der Waals surface area contributed by atoms with Crippen LogP contribution in [0.25, 0.3) is 44.5 Å². The molecule has 22 heteroatoms. The van der Waals surface area contributed by atoms with E-state index in [4.69, 9.17) is 0 Å². The highest BCUT2D eigenvalue weighted by molar-refractivity contribution is 6.03. The standard InChI is InChI=1S/C30F22/c31-9-3(7-15(37)23(45)29(51)24(46)16(7)38)1(5-11(33)19(41)27(49)20(42)12(5)34)2(6-13(35)21(43)28(50)22(44)14(6)36)4(10(9)32)8-17(39)25(47)30(52)26(48)18(8)40. The van der Waals surface area contributed by atoms with E-state index in [1.807, 2.05) is 0 Å². The van der Waals surface area contributed by atoms with Gasteiger partial charge in [-0.25, -0.2) is 96.6 Å². The predicted molar refractivity (Wildman–Crippen MR) is 127 cm³/mol. The first-order valence-electron chi connectivity index (χ1n) is 12.7. The summed E-state index contributed by atoms with van der Waals surface area (Å²) in [5.41, 5.74) is -25.1. The molecule has 0 N–H and O–H groups in total. The van der Waals surface area contributed by atoms with Gasteiger partial charge in [-0.05, 0) is 0 Å². The van der Waals surface area contributed by atoms with Crippen LogP contribution in [0.2, 0.25) is 0 Å². The van der Waals surface area contributed by atoms with Crippen LogP contribution in [-0.2, 0) is 0 Å². The van der Waals surface area contributed by atoms with Crippen LogP contribution in [-0.4, -0.2) is 0 Å². The summed E-state index contributed by atoms with van der Waals surface area (Å²) in [6.45, 7) is 0. The largest absolute Gasteiger partial charge is 0.203 e. The summed E-state index contributed by atoms with van der Waals surface area (Å²) in [4.78, 5) is 0. The Morgan fingerprint density at radius 1 is 0.0962 bits per heavy atom. The van der Waals surface area contributed by atoms with E-state index in [0.29, 0.717) is 0 Å². The van der Waals surface area contributed by atoms with Crippen molar-refractivity contribution in [1.29, 1.82) is 0 Å². The molecule has 0 saturated heterocycles. The van der Waals surface area contributed by atoms with Gasteiger partial charge in [-0.1, -0.05) is 0 Å². The van der Waals surface area contributed by atoms with Gasteiger partial charge in [-0.15, -0.1) is 0 Å². The molecule has 0 aliphatic rings. The van der Waals surface area contributed by atoms with E-state index in [0.717, 1.165) is 0 Å². The highest BCUT2D eigenvalue weighted by Crippen LogP contribution is 2.54. The lowest BCUT2D eigenvalue weighted by atomic mass is 9.80. The summed E-state index contributed by atoms with van der Waals surface area (Å²) in [5.74, 6) is -74.0. The molecule has 0 fully saturated rings. The van der Waals surface area contributed by atoms with Crippen molar-refractivity contribution in [3.05, 3.63) is 128 Å². The highest BCUT2D eigenvalue weighted by atomic mass is 19.2. The highest BCUT2D eigenvalue weighted by Gasteiger charge is 2.43. The quantitative estimate of drug-likeness (QED) is 0.0969. The van der Waals surface area contributed by atoms with Crippen LogP contribution in [0.4, 0.5) is 96.6 Å². The molecule has 0 aromatic heterocycles. The molecule has 0 bridgehead atoms. The maximum atomic E-state index is 16.1. The fourth-order valence-electron chi connectivity index (χ4n) is 4.96. The van der Waals surface area contributed by atoms with Crippen LogP contribution in [0.3, 0.4) is 0 Å². The van der Waals surface area contributed by atoms with E-state index >= 15 is 43.9 Å². The minimum atomic E-state index is -3.56. The summed E-state index contributed by atoms with van der Waals surface area (Å²) >= 11 is 0. The van der Waals surface area contributed by atoms with Gasteiger partial charge in [0, 0.05) is 22.3 Å².